The first kappa shape index (κ1) is 17.4. The third-order valence-electron chi connectivity index (χ3n) is 4.49. The molecule has 0 bridgehead atoms. The van der Waals surface area contributed by atoms with Crippen LogP contribution in [0.25, 0.3) is 5.69 Å². The van der Waals surface area contributed by atoms with E-state index in [1.54, 1.807) is 35.9 Å². The SMILES string of the molecule is Cc1c[nH]c(=O)n1-c1cccc(C(=O)N2CCN(C[C@@H](C)O)CC2)c1. The molecule has 0 saturated carbocycles. The third kappa shape index (κ3) is 3.83. The van der Waals surface area contributed by atoms with Crippen LogP contribution in [0.3, 0.4) is 0 Å². The molecule has 1 aliphatic heterocycles. The fourth-order valence-corrected chi connectivity index (χ4v) is 3.24. The van der Waals surface area contributed by atoms with E-state index in [0.717, 1.165) is 18.8 Å². The summed E-state index contributed by atoms with van der Waals surface area (Å²) in [4.78, 5) is 31.4. The average Bonchev–Trinajstić information content (AvgIpc) is 2.93. The number of hydrogen-bond acceptors (Lipinski definition) is 4. The van der Waals surface area contributed by atoms with Gasteiger partial charge >= 0.3 is 5.69 Å². The number of amides is 1. The molecule has 1 aliphatic rings. The molecular weight excluding hydrogens is 320 g/mol. The first-order valence-corrected chi connectivity index (χ1v) is 8.53. The van der Waals surface area contributed by atoms with Crippen LogP contribution in [-0.4, -0.2) is 69.2 Å². The number of benzene rings is 1. The van der Waals surface area contributed by atoms with Crippen molar-refractivity contribution in [3.05, 3.63) is 52.2 Å². The molecule has 25 heavy (non-hydrogen) atoms. The summed E-state index contributed by atoms with van der Waals surface area (Å²) < 4.78 is 1.55. The van der Waals surface area contributed by atoms with E-state index in [0.29, 0.717) is 30.9 Å². The van der Waals surface area contributed by atoms with Gasteiger partial charge in [-0.05, 0) is 32.0 Å². The molecule has 0 unspecified atom stereocenters. The number of piperazine rings is 1. The van der Waals surface area contributed by atoms with Gasteiger partial charge < -0.3 is 15.0 Å². The molecule has 1 atom stereocenters. The number of aliphatic hydroxyl groups is 1. The van der Waals surface area contributed by atoms with Gasteiger partial charge in [0.1, 0.15) is 0 Å². The van der Waals surface area contributed by atoms with Crippen LogP contribution in [0.1, 0.15) is 23.0 Å². The highest BCUT2D eigenvalue weighted by Crippen LogP contribution is 2.14. The number of carbonyl (C=O) groups is 1. The number of hydrogen-bond donors (Lipinski definition) is 2. The molecule has 2 aromatic rings. The summed E-state index contributed by atoms with van der Waals surface area (Å²) >= 11 is 0. The number of imidazole rings is 1. The van der Waals surface area contributed by atoms with Gasteiger partial charge in [-0.1, -0.05) is 6.07 Å². The molecule has 1 saturated heterocycles. The van der Waals surface area contributed by atoms with Crippen LogP contribution in [0.15, 0.2) is 35.3 Å². The Labute approximate surface area is 146 Å². The Morgan fingerprint density at radius 1 is 1.28 bits per heavy atom. The number of H-pyrrole nitrogens is 1. The van der Waals surface area contributed by atoms with Crippen molar-refractivity contribution in [1.29, 1.82) is 0 Å². The Balaban J connectivity index is 1.74. The molecule has 0 aliphatic carbocycles. The van der Waals surface area contributed by atoms with Crippen molar-refractivity contribution >= 4 is 5.91 Å². The molecular formula is C18H24N4O3. The van der Waals surface area contributed by atoms with Gasteiger partial charge in [0.05, 0.1) is 11.8 Å². The molecule has 0 radical (unpaired) electrons. The summed E-state index contributed by atoms with van der Waals surface area (Å²) in [6.45, 7) is 7.03. The maximum Gasteiger partial charge on any atom is 0.330 e. The van der Waals surface area contributed by atoms with Crippen LogP contribution in [-0.2, 0) is 0 Å². The van der Waals surface area contributed by atoms with Gasteiger partial charge in [-0.15, -0.1) is 0 Å². The maximum atomic E-state index is 12.8. The van der Waals surface area contributed by atoms with Crippen LogP contribution in [0, 0.1) is 6.92 Å². The third-order valence-corrected chi connectivity index (χ3v) is 4.49. The van der Waals surface area contributed by atoms with Crippen LogP contribution in [0.2, 0.25) is 0 Å². The molecule has 3 rings (SSSR count). The first-order valence-electron chi connectivity index (χ1n) is 8.53. The number of rotatable bonds is 4. The van der Waals surface area contributed by atoms with Crippen LogP contribution < -0.4 is 5.69 Å². The molecule has 0 spiro atoms. The average molecular weight is 344 g/mol. The van der Waals surface area contributed by atoms with Crippen molar-refractivity contribution in [3.8, 4) is 5.69 Å². The van der Waals surface area contributed by atoms with Crippen molar-refractivity contribution in [1.82, 2.24) is 19.4 Å². The minimum Gasteiger partial charge on any atom is -0.392 e. The van der Waals surface area contributed by atoms with Gasteiger partial charge in [0.2, 0.25) is 0 Å². The van der Waals surface area contributed by atoms with Crippen molar-refractivity contribution in [2.24, 2.45) is 0 Å². The lowest BCUT2D eigenvalue weighted by Gasteiger charge is -2.35. The van der Waals surface area contributed by atoms with E-state index in [1.807, 2.05) is 17.9 Å². The molecule has 2 N–H and O–H groups in total. The second-order valence-electron chi connectivity index (χ2n) is 6.56. The summed E-state index contributed by atoms with van der Waals surface area (Å²) in [5.74, 6) is -0.0280. The number of β-amino-alcohol motifs (C(OH)–C–C–N with tert-alkyl or cyclic N) is 1. The normalized spacial score (nSPS) is 16.8. The highest BCUT2D eigenvalue weighted by atomic mass is 16.3. The molecule has 7 nitrogen and oxygen atoms in total. The predicted molar refractivity (Wildman–Crippen MR) is 95.2 cm³/mol. The van der Waals surface area contributed by atoms with E-state index in [-0.39, 0.29) is 17.7 Å². The Morgan fingerprint density at radius 3 is 2.60 bits per heavy atom. The highest BCUT2D eigenvalue weighted by Gasteiger charge is 2.23. The van der Waals surface area contributed by atoms with Gasteiger partial charge in [0.15, 0.2) is 0 Å². The zero-order chi connectivity index (χ0) is 18.0. The second kappa shape index (κ2) is 7.25. The fourth-order valence-electron chi connectivity index (χ4n) is 3.24. The Kier molecular flexibility index (Phi) is 5.06. The summed E-state index contributed by atoms with van der Waals surface area (Å²) in [5.41, 5.74) is 1.84. The summed E-state index contributed by atoms with van der Waals surface area (Å²) in [5, 5.41) is 9.47. The minimum atomic E-state index is -0.359. The van der Waals surface area contributed by atoms with Crippen molar-refractivity contribution in [2.75, 3.05) is 32.7 Å². The number of nitrogens with zero attached hydrogens (tertiary/aromatic N) is 3. The van der Waals surface area contributed by atoms with Crippen LogP contribution >= 0.6 is 0 Å². The maximum absolute atomic E-state index is 12.8. The molecule has 1 aromatic heterocycles. The Hall–Kier alpha value is -2.38. The largest absolute Gasteiger partial charge is 0.392 e. The first-order chi connectivity index (χ1) is 12.0. The lowest BCUT2D eigenvalue weighted by atomic mass is 10.1. The Morgan fingerprint density at radius 2 is 2.00 bits per heavy atom. The molecule has 134 valence electrons. The monoisotopic (exact) mass is 344 g/mol. The van der Waals surface area contributed by atoms with E-state index in [4.69, 9.17) is 0 Å². The van der Waals surface area contributed by atoms with Crippen molar-refractivity contribution < 1.29 is 9.90 Å². The number of aromatic nitrogens is 2. The topological polar surface area (TPSA) is 81.6 Å². The number of carbonyl (C=O) groups excluding carboxylic acids is 1. The second-order valence-corrected chi connectivity index (χ2v) is 6.56. The smallest absolute Gasteiger partial charge is 0.330 e. The molecule has 7 heteroatoms. The van der Waals surface area contributed by atoms with Gasteiger partial charge in [-0.2, -0.15) is 0 Å². The number of aryl methyl sites for hydroxylation is 1. The highest BCUT2D eigenvalue weighted by molar-refractivity contribution is 5.94. The number of aromatic amines is 1. The minimum absolute atomic E-state index is 0.0280. The van der Waals surface area contributed by atoms with Crippen LogP contribution in [0.5, 0.6) is 0 Å². The molecule has 2 heterocycles. The predicted octanol–water partition coefficient (Wildman–Crippen LogP) is 0.613. The van der Waals surface area contributed by atoms with Gasteiger partial charge in [0.25, 0.3) is 5.91 Å². The summed E-state index contributed by atoms with van der Waals surface area (Å²) in [7, 11) is 0. The zero-order valence-corrected chi connectivity index (χ0v) is 14.6. The van der Waals surface area contributed by atoms with Gasteiger partial charge in [-0.25, -0.2) is 4.79 Å². The van der Waals surface area contributed by atoms with E-state index in [1.165, 1.54) is 0 Å². The van der Waals surface area contributed by atoms with E-state index in [9.17, 15) is 14.7 Å². The molecule has 1 amide bonds. The number of aliphatic hydroxyl groups excluding tert-OH is 1. The van der Waals surface area contributed by atoms with Crippen molar-refractivity contribution in [2.45, 2.75) is 20.0 Å². The van der Waals surface area contributed by atoms with E-state index >= 15 is 0 Å². The quantitative estimate of drug-likeness (QED) is 0.852. The fraction of sp³-hybridized carbons (Fsp3) is 0.444. The van der Waals surface area contributed by atoms with Gasteiger partial charge in [0, 0.05) is 50.2 Å². The Bertz CT molecular complexity index is 801. The lowest BCUT2D eigenvalue weighted by Crippen LogP contribution is -2.50. The van der Waals surface area contributed by atoms with Crippen LogP contribution in [0.4, 0.5) is 0 Å². The summed E-state index contributed by atoms with van der Waals surface area (Å²) in [6, 6.07) is 7.15. The van der Waals surface area contributed by atoms with Crippen molar-refractivity contribution in [3.63, 3.8) is 0 Å². The summed E-state index contributed by atoms with van der Waals surface area (Å²) in [6.07, 6.45) is 1.29. The number of nitrogens with one attached hydrogen (secondary N) is 1. The zero-order valence-electron chi connectivity index (χ0n) is 14.6. The molecule has 1 aromatic carbocycles. The van der Waals surface area contributed by atoms with E-state index < -0.39 is 0 Å². The standard InChI is InChI=1S/C18H24N4O3/c1-13-11-19-18(25)22(13)16-5-3-4-15(10-16)17(24)21-8-6-20(7-9-21)12-14(2)23/h3-5,10-11,14,23H,6-9,12H2,1-2H3,(H,19,25)/t14-/m1/s1. The van der Waals surface area contributed by atoms with E-state index in [2.05, 4.69) is 9.88 Å². The van der Waals surface area contributed by atoms with Gasteiger partial charge in [-0.3, -0.25) is 14.3 Å². The lowest BCUT2D eigenvalue weighted by molar-refractivity contribution is 0.0554. The molecule has 1 fully saturated rings.